The Morgan fingerprint density at radius 2 is 1.89 bits per heavy atom. The van der Waals surface area contributed by atoms with Gasteiger partial charge in [0.25, 0.3) is 5.91 Å². The highest BCUT2D eigenvalue weighted by atomic mass is 35.5. The van der Waals surface area contributed by atoms with Crippen LogP contribution < -0.4 is 20.7 Å². The summed E-state index contributed by atoms with van der Waals surface area (Å²) in [6.45, 7) is 6.32. The van der Waals surface area contributed by atoms with Crippen molar-refractivity contribution in [1.29, 1.82) is 5.26 Å². The maximum absolute atomic E-state index is 12.7. The summed E-state index contributed by atoms with van der Waals surface area (Å²) in [5, 5.41) is 21.0. The first-order valence-electron chi connectivity index (χ1n) is 12.8. The molecule has 1 aromatic heterocycles. The van der Waals surface area contributed by atoms with Crippen molar-refractivity contribution in [3.8, 4) is 11.8 Å². The van der Waals surface area contributed by atoms with E-state index in [0.717, 1.165) is 64.2 Å². The molecule has 198 valence electrons. The van der Waals surface area contributed by atoms with Crippen molar-refractivity contribution in [1.82, 2.24) is 20.4 Å². The van der Waals surface area contributed by atoms with Crippen molar-refractivity contribution < 1.29 is 14.3 Å². The smallest absolute Gasteiger partial charge is 0.272 e. The topological polar surface area (TPSA) is 130 Å². The lowest BCUT2D eigenvalue weighted by Gasteiger charge is -2.35. The minimum atomic E-state index is -0.204. The molecule has 3 N–H and O–H groups in total. The molecular formula is C26H34ClN7O3. The standard InChI is InChI=1S/C26H34ClN7O3/c27-23-17-22(4-1-19(23)18-29)37-21-5-2-20(3-6-21)30-26(35)24-7-8-25(32-31-24)34-12-10-33(11-13-34)14-16-36-15-9-28/h1,4,7-8,17,20-21H,2-3,5-6,9-16,28H2,(H,30,35). The molecule has 1 saturated carbocycles. The molecule has 1 aliphatic heterocycles. The van der Waals surface area contributed by atoms with Crippen molar-refractivity contribution in [2.75, 3.05) is 57.4 Å². The van der Waals surface area contributed by atoms with Crippen LogP contribution in [0.5, 0.6) is 5.75 Å². The van der Waals surface area contributed by atoms with E-state index in [1.807, 2.05) is 12.1 Å². The zero-order chi connectivity index (χ0) is 26.0. The maximum Gasteiger partial charge on any atom is 0.272 e. The molecule has 2 aliphatic rings. The second-order valence-electron chi connectivity index (χ2n) is 9.32. The number of nitrogens with one attached hydrogen (secondary N) is 1. The largest absolute Gasteiger partial charge is 0.490 e. The van der Waals surface area contributed by atoms with Gasteiger partial charge in [-0.15, -0.1) is 10.2 Å². The molecule has 2 aromatic rings. The molecule has 0 atom stereocenters. The van der Waals surface area contributed by atoms with Gasteiger partial charge in [0, 0.05) is 51.4 Å². The monoisotopic (exact) mass is 527 g/mol. The van der Waals surface area contributed by atoms with Gasteiger partial charge in [0.1, 0.15) is 11.8 Å². The minimum Gasteiger partial charge on any atom is -0.490 e. The third kappa shape index (κ3) is 7.76. The summed E-state index contributed by atoms with van der Waals surface area (Å²) in [4.78, 5) is 17.3. The number of nitriles is 1. The van der Waals surface area contributed by atoms with Gasteiger partial charge in [0.05, 0.1) is 29.9 Å². The number of piperazine rings is 1. The number of nitrogens with two attached hydrogens (primary N) is 1. The van der Waals surface area contributed by atoms with Gasteiger partial charge in [0.15, 0.2) is 11.5 Å². The van der Waals surface area contributed by atoms with Gasteiger partial charge in [-0.3, -0.25) is 9.69 Å². The Morgan fingerprint density at radius 1 is 1.11 bits per heavy atom. The zero-order valence-corrected chi connectivity index (χ0v) is 21.7. The Labute approximate surface area is 222 Å². The molecule has 0 bridgehead atoms. The van der Waals surface area contributed by atoms with E-state index in [-0.39, 0.29) is 18.1 Å². The van der Waals surface area contributed by atoms with E-state index in [1.165, 1.54) is 0 Å². The molecule has 2 fully saturated rings. The Balaban J connectivity index is 1.18. The van der Waals surface area contributed by atoms with Gasteiger partial charge in [-0.05, 0) is 49.9 Å². The number of halogens is 1. The predicted octanol–water partition coefficient (Wildman–Crippen LogP) is 2.22. The molecule has 0 radical (unpaired) electrons. The number of nitrogens with zero attached hydrogens (tertiary/aromatic N) is 5. The van der Waals surface area contributed by atoms with Crippen molar-refractivity contribution >= 4 is 23.3 Å². The van der Waals surface area contributed by atoms with Crippen LogP contribution in [0.4, 0.5) is 5.82 Å². The third-order valence-electron chi connectivity index (χ3n) is 6.77. The highest BCUT2D eigenvalue weighted by Gasteiger charge is 2.25. The van der Waals surface area contributed by atoms with Crippen LogP contribution in [0.25, 0.3) is 0 Å². The highest BCUT2D eigenvalue weighted by molar-refractivity contribution is 6.31. The Morgan fingerprint density at radius 3 is 2.54 bits per heavy atom. The van der Waals surface area contributed by atoms with E-state index in [9.17, 15) is 4.79 Å². The second-order valence-corrected chi connectivity index (χ2v) is 9.73. The zero-order valence-electron chi connectivity index (χ0n) is 20.9. The summed E-state index contributed by atoms with van der Waals surface area (Å²) >= 11 is 6.10. The Hall–Kier alpha value is -2.97. The SMILES string of the molecule is N#Cc1ccc(OC2CCC(NC(=O)c3ccc(N4CCN(CCOCCN)CC4)nn3)CC2)cc1Cl. The minimum absolute atomic E-state index is 0.0511. The molecule has 37 heavy (non-hydrogen) atoms. The summed E-state index contributed by atoms with van der Waals surface area (Å²) in [5.74, 6) is 1.24. The molecular weight excluding hydrogens is 494 g/mol. The van der Waals surface area contributed by atoms with Gasteiger partial charge in [-0.1, -0.05) is 11.6 Å². The fourth-order valence-electron chi connectivity index (χ4n) is 4.63. The summed E-state index contributed by atoms with van der Waals surface area (Å²) in [5.41, 5.74) is 6.20. The summed E-state index contributed by atoms with van der Waals surface area (Å²) in [6, 6.07) is 10.8. The molecule has 10 nitrogen and oxygen atoms in total. The number of carbonyl (C=O) groups excluding carboxylic acids is 1. The van der Waals surface area contributed by atoms with Crippen molar-refractivity contribution in [2.24, 2.45) is 5.73 Å². The first-order valence-corrected chi connectivity index (χ1v) is 13.2. The number of carbonyl (C=O) groups is 1. The normalized spacial score (nSPS) is 20.3. The van der Waals surface area contributed by atoms with Crippen LogP contribution in [-0.2, 0) is 4.74 Å². The number of benzene rings is 1. The lowest BCUT2D eigenvalue weighted by molar-refractivity contribution is 0.0888. The molecule has 0 spiro atoms. The van der Waals surface area contributed by atoms with Crippen LogP contribution in [0.15, 0.2) is 30.3 Å². The van der Waals surface area contributed by atoms with E-state index in [2.05, 4.69) is 25.3 Å². The molecule has 1 saturated heterocycles. The molecule has 11 heteroatoms. The lowest BCUT2D eigenvalue weighted by Crippen LogP contribution is -2.47. The Bertz CT molecular complexity index is 1060. The number of rotatable bonds is 10. The van der Waals surface area contributed by atoms with Crippen LogP contribution in [0.2, 0.25) is 5.02 Å². The quantitative estimate of drug-likeness (QED) is 0.446. The van der Waals surface area contributed by atoms with Gasteiger partial charge in [-0.2, -0.15) is 5.26 Å². The molecule has 4 rings (SSSR count). The van der Waals surface area contributed by atoms with Crippen LogP contribution in [0.1, 0.15) is 41.7 Å². The van der Waals surface area contributed by atoms with Gasteiger partial charge in [-0.25, -0.2) is 0 Å². The molecule has 0 unspecified atom stereocenters. The second kappa shape index (κ2) is 13.5. The number of anilines is 1. The summed E-state index contributed by atoms with van der Waals surface area (Å²) in [6.07, 6.45) is 3.31. The third-order valence-corrected chi connectivity index (χ3v) is 7.08. The number of hydrogen-bond donors (Lipinski definition) is 2. The molecule has 2 heterocycles. The van der Waals surface area contributed by atoms with Gasteiger partial charge < -0.3 is 25.4 Å². The van der Waals surface area contributed by atoms with E-state index in [4.69, 9.17) is 32.1 Å². The van der Waals surface area contributed by atoms with Crippen molar-refractivity contribution in [2.45, 2.75) is 37.8 Å². The summed E-state index contributed by atoms with van der Waals surface area (Å²) in [7, 11) is 0. The van der Waals surface area contributed by atoms with Crippen molar-refractivity contribution in [3.05, 3.63) is 46.6 Å². The highest BCUT2D eigenvalue weighted by Crippen LogP contribution is 2.27. The first-order chi connectivity index (χ1) is 18.1. The molecule has 1 amide bonds. The number of amides is 1. The molecule has 1 aromatic carbocycles. The summed E-state index contributed by atoms with van der Waals surface area (Å²) < 4.78 is 11.5. The first kappa shape index (κ1) is 27.1. The number of hydrogen-bond acceptors (Lipinski definition) is 9. The predicted molar refractivity (Wildman–Crippen MR) is 141 cm³/mol. The average molecular weight is 528 g/mol. The maximum atomic E-state index is 12.7. The van der Waals surface area contributed by atoms with E-state index < -0.39 is 0 Å². The van der Waals surface area contributed by atoms with Crippen LogP contribution in [0.3, 0.4) is 0 Å². The average Bonchev–Trinajstić information content (AvgIpc) is 2.93. The Kier molecular flexibility index (Phi) is 9.91. The van der Waals surface area contributed by atoms with Gasteiger partial charge in [0.2, 0.25) is 0 Å². The number of aromatic nitrogens is 2. The van der Waals surface area contributed by atoms with Crippen LogP contribution in [-0.4, -0.2) is 85.6 Å². The van der Waals surface area contributed by atoms with Crippen molar-refractivity contribution in [3.63, 3.8) is 0 Å². The van der Waals surface area contributed by atoms with E-state index >= 15 is 0 Å². The molecule has 1 aliphatic carbocycles. The lowest BCUT2D eigenvalue weighted by atomic mass is 9.93. The number of ether oxygens (including phenoxy) is 2. The van der Waals surface area contributed by atoms with Crippen LogP contribution in [0, 0.1) is 11.3 Å². The van der Waals surface area contributed by atoms with E-state index in [0.29, 0.717) is 41.8 Å². The van der Waals surface area contributed by atoms with E-state index in [1.54, 1.807) is 24.3 Å². The van der Waals surface area contributed by atoms with Gasteiger partial charge >= 0.3 is 0 Å². The fraction of sp³-hybridized carbons (Fsp3) is 0.538. The fourth-order valence-corrected chi connectivity index (χ4v) is 4.84. The van der Waals surface area contributed by atoms with Crippen LogP contribution >= 0.6 is 11.6 Å².